The van der Waals surface area contributed by atoms with Gasteiger partial charge in [-0.2, -0.15) is 0 Å². The molecule has 1 N–H and O–H groups in total. The molecule has 1 nitrogen and oxygen atoms in total. The molecule has 1 atom stereocenters. The highest BCUT2D eigenvalue weighted by Gasteiger charge is 2.09. The van der Waals surface area contributed by atoms with Crippen LogP contribution in [0.2, 0.25) is 5.02 Å². The Morgan fingerprint density at radius 1 is 1.19 bits per heavy atom. The van der Waals surface area contributed by atoms with E-state index in [1.54, 1.807) is 6.07 Å². The quantitative estimate of drug-likeness (QED) is 0.710. The summed E-state index contributed by atoms with van der Waals surface area (Å²) in [4.78, 5) is 0.678. The molecule has 2 aromatic carbocycles. The highest BCUT2D eigenvalue weighted by Crippen LogP contribution is 2.28. The first kappa shape index (κ1) is 16.3. The predicted octanol–water partition coefficient (Wildman–Crippen LogP) is 5.44. The summed E-state index contributed by atoms with van der Waals surface area (Å²) in [6.45, 7) is 4.96. The summed E-state index contributed by atoms with van der Waals surface area (Å²) in [5.74, 6) is 0.576. The fourth-order valence-corrected chi connectivity index (χ4v) is 3.07. The molecule has 0 saturated carbocycles. The van der Waals surface area contributed by atoms with E-state index >= 15 is 0 Å². The van der Waals surface area contributed by atoms with E-state index in [2.05, 4.69) is 5.32 Å². The number of hydrogen-bond donors (Lipinski definition) is 1. The van der Waals surface area contributed by atoms with Crippen LogP contribution in [0, 0.1) is 5.82 Å². The summed E-state index contributed by atoms with van der Waals surface area (Å²) in [5.41, 5.74) is 2.11. The molecule has 0 amide bonds. The molecule has 0 radical (unpaired) electrons. The second kappa shape index (κ2) is 7.83. The molecule has 0 heterocycles. The van der Waals surface area contributed by atoms with Gasteiger partial charge in [0.2, 0.25) is 0 Å². The van der Waals surface area contributed by atoms with E-state index in [1.807, 2.05) is 50.2 Å². The normalized spacial score (nSPS) is 12.4. The zero-order valence-electron chi connectivity index (χ0n) is 12.2. The Labute approximate surface area is 134 Å². The summed E-state index contributed by atoms with van der Waals surface area (Å²) in [6.07, 6.45) is 0. The zero-order valence-corrected chi connectivity index (χ0v) is 13.8. The topological polar surface area (TPSA) is 12.0 Å². The van der Waals surface area contributed by atoms with Crippen molar-refractivity contribution in [2.45, 2.75) is 30.5 Å². The van der Waals surface area contributed by atoms with E-state index in [9.17, 15) is 4.39 Å². The molecule has 0 aliphatic rings. The zero-order chi connectivity index (χ0) is 15.2. The molecule has 0 aliphatic heterocycles. The van der Waals surface area contributed by atoms with E-state index in [1.165, 1.54) is 11.8 Å². The van der Waals surface area contributed by atoms with Gasteiger partial charge >= 0.3 is 0 Å². The van der Waals surface area contributed by atoms with Crippen LogP contribution in [0.25, 0.3) is 0 Å². The minimum Gasteiger partial charge on any atom is -0.310 e. The maximum Gasteiger partial charge on any atom is 0.137 e. The SMILES string of the molecule is CCNC(C)c1ccc(SCc2ccc(Cl)cc2)c(F)c1. The van der Waals surface area contributed by atoms with Crippen LogP contribution in [0.1, 0.15) is 31.0 Å². The van der Waals surface area contributed by atoms with Crippen LogP contribution in [-0.2, 0) is 5.75 Å². The smallest absolute Gasteiger partial charge is 0.137 e. The van der Waals surface area contributed by atoms with Gasteiger partial charge in [-0.3, -0.25) is 0 Å². The molecule has 0 fully saturated rings. The lowest BCUT2D eigenvalue weighted by Gasteiger charge is -2.13. The average molecular weight is 324 g/mol. The van der Waals surface area contributed by atoms with Gasteiger partial charge in [0.05, 0.1) is 0 Å². The van der Waals surface area contributed by atoms with E-state index in [4.69, 9.17) is 11.6 Å². The third-order valence-corrected chi connectivity index (χ3v) is 4.65. The predicted molar refractivity (Wildman–Crippen MR) is 89.5 cm³/mol. The molecule has 4 heteroatoms. The second-order valence-electron chi connectivity index (χ2n) is 4.88. The molecule has 2 aromatic rings. The van der Waals surface area contributed by atoms with Crippen molar-refractivity contribution in [1.82, 2.24) is 5.32 Å². The Morgan fingerprint density at radius 2 is 1.90 bits per heavy atom. The van der Waals surface area contributed by atoms with Crippen LogP contribution < -0.4 is 5.32 Å². The number of hydrogen-bond acceptors (Lipinski definition) is 2. The van der Waals surface area contributed by atoms with Crippen molar-refractivity contribution in [3.8, 4) is 0 Å². The van der Waals surface area contributed by atoms with Crippen LogP contribution >= 0.6 is 23.4 Å². The third-order valence-electron chi connectivity index (χ3n) is 3.27. The Balaban J connectivity index is 2.02. The van der Waals surface area contributed by atoms with Gasteiger partial charge in [0.15, 0.2) is 0 Å². The first-order valence-corrected chi connectivity index (χ1v) is 8.36. The molecule has 112 valence electrons. The molecule has 0 spiro atoms. The fourth-order valence-electron chi connectivity index (χ4n) is 2.07. The largest absolute Gasteiger partial charge is 0.310 e. The van der Waals surface area contributed by atoms with Crippen LogP contribution in [0.4, 0.5) is 4.39 Å². The Hall–Kier alpha value is -1.03. The minimum absolute atomic E-state index is 0.156. The lowest BCUT2D eigenvalue weighted by atomic mass is 10.1. The third kappa shape index (κ3) is 4.73. The van der Waals surface area contributed by atoms with Crippen LogP contribution in [-0.4, -0.2) is 6.54 Å². The van der Waals surface area contributed by atoms with Crippen molar-refractivity contribution < 1.29 is 4.39 Å². The number of nitrogens with one attached hydrogen (secondary N) is 1. The van der Waals surface area contributed by atoms with Gasteiger partial charge < -0.3 is 5.32 Å². The maximum absolute atomic E-state index is 14.1. The highest BCUT2D eigenvalue weighted by molar-refractivity contribution is 7.98. The van der Waals surface area contributed by atoms with Crippen molar-refractivity contribution in [2.24, 2.45) is 0 Å². The van der Waals surface area contributed by atoms with Gasteiger partial charge in [0.1, 0.15) is 5.82 Å². The number of halogens is 2. The molecular formula is C17H19ClFNS. The van der Waals surface area contributed by atoms with Gasteiger partial charge in [0.25, 0.3) is 0 Å². The molecule has 0 aromatic heterocycles. The van der Waals surface area contributed by atoms with Gasteiger partial charge in [-0.25, -0.2) is 4.39 Å². The summed E-state index contributed by atoms with van der Waals surface area (Å²) >= 11 is 7.36. The Bertz CT molecular complexity index is 586. The van der Waals surface area contributed by atoms with E-state index < -0.39 is 0 Å². The fraction of sp³-hybridized carbons (Fsp3) is 0.294. The molecule has 21 heavy (non-hydrogen) atoms. The monoisotopic (exact) mass is 323 g/mol. The minimum atomic E-state index is -0.156. The standard InChI is InChI=1S/C17H19ClFNS/c1-3-20-12(2)14-6-9-17(16(19)10-14)21-11-13-4-7-15(18)8-5-13/h4-10,12,20H,3,11H2,1-2H3. The summed E-state index contributed by atoms with van der Waals surface area (Å²) in [6, 6.07) is 13.3. The van der Waals surface area contributed by atoms with Gasteiger partial charge in [-0.15, -0.1) is 11.8 Å². The Morgan fingerprint density at radius 3 is 2.52 bits per heavy atom. The van der Waals surface area contributed by atoms with E-state index in [-0.39, 0.29) is 11.9 Å². The molecule has 1 unspecified atom stereocenters. The molecule has 0 bridgehead atoms. The number of thioether (sulfide) groups is 1. The number of benzene rings is 2. The maximum atomic E-state index is 14.1. The summed E-state index contributed by atoms with van der Waals surface area (Å²) in [7, 11) is 0. The van der Waals surface area contributed by atoms with Crippen LogP contribution in [0.5, 0.6) is 0 Å². The van der Waals surface area contributed by atoms with Crippen molar-refractivity contribution >= 4 is 23.4 Å². The second-order valence-corrected chi connectivity index (χ2v) is 6.34. The van der Waals surface area contributed by atoms with Gasteiger partial charge in [-0.05, 0) is 48.9 Å². The van der Waals surface area contributed by atoms with E-state index in [0.29, 0.717) is 4.90 Å². The van der Waals surface area contributed by atoms with Gasteiger partial charge in [0, 0.05) is 21.7 Å². The van der Waals surface area contributed by atoms with Crippen molar-refractivity contribution in [3.63, 3.8) is 0 Å². The first-order chi connectivity index (χ1) is 10.1. The molecule has 0 saturated heterocycles. The Kier molecular flexibility index (Phi) is 6.09. The van der Waals surface area contributed by atoms with Crippen LogP contribution in [0.15, 0.2) is 47.4 Å². The first-order valence-electron chi connectivity index (χ1n) is 7.00. The van der Waals surface area contributed by atoms with E-state index in [0.717, 1.165) is 28.4 Å². The van der Waals surface area contributed by atoms with Crippen LogP contribution in [0.3, 0.4) is 0 Å². The molecule has 0 aliphatic carbocycles. The summed E-state index contributed by atoms with van der Waals surface area (Å²) in [5, 5.41) is 4.00. The lowest BCUT2D eigenvalue weighted by molar-refractivity contribution is 0.572. The molecule has 2 rings (SSSR count). The summed E-state index contributed by atoms with van der Waals surface area (Å²) < 4.78 is 14.1. The van der Waals surface area contributed by atoms with Crippen molar-refractivity contribution in [1.29, 1.82) is 0 Å². The highest BCUT2D eigenvalue weighted by atomic mass is 35.5. The number of rotatable bonds is 6. The van der Waals surface area contributed by atoms with Gasteiger partial charge in [-0.1, -0.05) is 36.7 Å². The van der Waals surface area contributed by atoms with Crippen molar-refractivity contribution in [2.75, 3.05) is 6.54 Å². The average Bonchev–Trinajstić information content (AvgIpc) is 2.48. The van der Waals surface area contributed by atoms with Crippen molar-refractivity contribution in [3.05, 3.63) is 64.4 Å². The lowest BCUT2D eigenvalue weighted by Crippen LogP contribution is -2.17. The molecular weight excluding hydrogens is 305 g/mol.